The van der Waals surface area contributed by atoms with Gasteiger partial charge in [0.25, 0.3) is 0 Å². The maximum atomic E-state index is 5.96. The van der Waals surface area contributed by atoms with Gasteiger partial charge in [0, 0.05) is 37.1 Å². The average Bonchev–Trinajstić information content (AvgIpc) is 2.30. The summed E-state index contributed by atoms with van der Waals surface area (Å²) in [7, 11) is 2.19. The number of nitrogens with zero attached hydrogens (tertiary/aromatic N) is 2. The zero-order valence-electron chi connectivity index (χ0n) is 11.1. The van der Waals surface area contributed by atoms with E-state index in [1.165, 1.54) is 11.3 Å². The van der Waals surface area contributed by atoms with E-state index < -0.39 is 0 Å². The second kappa shape index (κ2) is 4.96. The van der Waals surface area contributed by atoms with Crippen LogP contribution < -0.4 is 10.6 Å². The lowest BCUT2D eigenvalue weighted by Crippen LogP contribution is -2.50. The number of rotatable bonds is 2. The minimum absolute atomic E-state index is 0.571. The number of benzene rings is 1. The molecule has 0 amide bonds. The molecule has 0 aromatic heterocycles. The molecule has 1 heterocycles. The molecule has 0 aliphatic carbocycles. The van der Waals surface area contributed by atoms with Crippen LogP contribution in [-0.4, -0.2) is 37.6 Å². The van der Waals surface area contributed by atoms with Crippen molar-refractivity contribution in [2.75, 3.05) is 37.3 Å². The second-order valence-corrected chi connectivity index (χ2v) is 5.04. The van der Waals surface area contributed by atoms with Gasteiger partial charge in [-0.25, -0.2) is 0 Å². The number of piperazine rings is 1. The molecule has 94 valence electrons. The van der Waals surface area contributed by atoms with Gasteiger partial charge >= 0.3 is 0 Å². The van der Waals surface area contributed by atoms with Gasteiger partial charge in [0.1, 0.15) is 0 Å². The van der Waals surface area contributed by atoms with Crippen LogP contribution in [0.3, 0.4) is 0 Å². The lowest BCUT2D eigenvalue weighted by molar-refractivity contribution is 0.275. The van der Waals surface area contributed by atoms with Gasteiger partial charge in [-0.3, -0.25) is 0 Å². The minimum Gasteiger partial charge on any atom is -0.399 e. The highest BCUT2D eigenvalue weighted by Crippen LogP contribution is 2.24. The number of aryl methyl sites for hydroxylation is 1. The maximum absolute atomic E-state index is 5.96. The predicted molar refractivity (Wildman–Crippen MR) is 74.5 cm³/mol. The standard InChI is InChI=1S/C14H23N3/c1-4-12-9-13(5-6-14(12)15)17-8-7-16(3)10-11(17)2/h5-6,9,11H,4,7-8,10,15H2,1-3H3/t11-/m1/s1. The Labute approximate surface area is 104 Å². The normalized spacial score (nSPS) is 21.8. The molecule has 1 aliphatic heterocycles. The maximum Gasteiger partial charge on any atom is 0.0389 e. The molecular formula is C14H23N3. The molecule has 2 N–H and O–H groups in total. The van der Waals surface area contributed by atoms with Crippen molar-refractivity contribution in [2.45, 2.75) is 26.3 Å². The molecule has 3 heteroatoms. The molecule has 0 bridgehead atoms. The van der Waals surface area contributed by atoms with Crippen LogP contribution in [0.25, 0.3) is 0 Å². The van der Waals surface area contributed by atoms with Crippen LogP contribution in [0.4, 0.5) is 11.4 Å². The van der Waals surface area contributed by atoms with E-state index in [0.717, 1.165) is 31.7 Å². The van der Waals surface area contributed by atoms with Crippen molar-refractivity contribution in [3.05, 3.63) is 23.8 Å². The van der Waals surface area contributed by atoms with E-state index in [4.69, 9.17) is 5.73 Å². The summed E-state index contributed by atoms with van der Waals surface area (Å²) in [5.74, 6) is 0. The first-order valence-electron chi connectivity index (χ1n) is 6.45. The molecule has 1 aliphatic rings. The Morgan fingerprint density at radius 3 is 2.76 bits per heavy atom. The molecule has 2 rings (SSSR count). The number of anilines is 2. The van der Waals surface area contributed by atoms with E-state index in [0.29, 0.717) is 6.04 Å². The Kier molecular flexibility index (Phi) is 3.57. The summed E-state index contributed by atoms with van der Waals surface area (Å²) in [6.45, 7) is 7.81. The monoisotopic (exact) mass is 233 g/mol. The fourth-order valence-electron chi connectivity index (χ4n) is 2.60. The topological polar surface area (TPSA) is 32.5 Å². The molecular weight excluding hydrogens is 210 g/mol. The Hall–Kier alpha value is -1.22. The lowest BCUT2D eigenvalue weighted by Gasteiger charge is -2.40. The van der Waals surface area contributed by atoms with Crippen LogP contribution in [0.2, 0.25) is 0 Å². The largest absolute Gasteiger partial charge is 0.399 e. The van der Waals surface area contributed by atoms with E-state index in [1.54, 1.807) is 0 Å². The lowest BCUT2D eigenvalue weighted by atomic mass is 10.1. The Bertz CT molecular complexity index is 389. The fourth-order valence-corrected chi connectivity index (χ4v) is 2.60. The predicted octanol–water partition coefficient (Wildman–Crippen LogP) is 1.97. The summed E-state index contributed by atoms with van der Waals surface area (Å²) >= 11 is 0. The first kappa shape index (κ1) is 12.2. The second-order valence-electron chi connectivity index (χ2n) is 5.04. The van der Waals surface area contributed by atoms with Gasteiger partial charge in [0.15, 0.2) is 0 Å². The molecule has 1 atom stereocenters. The van der Waals surface area contributed by atoms with Crippen molar-refractivity contribution < 1.29 is 0 Å². The van der Waals surface area contributed by atoms with E-state index in [1.807, 2.05) is 6.07 Å². The first-order valence-corrected chi connectivity index (χ1v) is 6.45. The van der Waals surface area contributed by atoms with E-state index in [9.17, 15) is 0 Å². The third-order valence-electron chi connectivity index (χ3n) is 3.67. The summed E-state index contributed by atoms with van der Waals surface area (Å²) in [6.07, 6.45) is 1.00. The van der Waals surface area contributed by atoms with Crippen molar-refractivity contribution in [1.82, 2.24) is 4.90 Å². The molecule has 1 saturated heterocycles. The van der Waals surface area contributed by atoms with Gasteiger partial charge in [-0.05, 0) is 44.2 Å². The third kappa shape index (κ3) is 2.55. The van der Waals surface area contributed by atoms with Gasteiger partial charge in [-0.15, -0.1) is 0 Å². The number of hydrogen-bond acceptors (Lipinski definition) is 3. The highest BCUT2D eigenvalue weighted by Gasteiger charge is 2.21. The van der Waals surface area contributed by atoms with E-state index in [2.05, 4.69) is 42.8 Å². The molecule has 0 spiro atoms. The number of nitrogen functional groups attached to an aromatic ring is 1. The first-order chi connectivity index (χ1) is 8.11. The third-order valence-corrected chi connectivity index (χ3v) is 3.67. The number of nitrogens with two attached hydrogens (primary N) is 1. The molecule has 1 aromatic rings. The quantitative estimate of drug-likeness (QED) is 0.793. The highest BCUT2D eigenvalue weighted by molar-refractivity contribution is 5.59. The van der Waals surface area contributed by atoms with Crippen molar-refractivity contribution in [2.24, 2.45) is 0 Å². The zero-order chi connectivity index (χ0) is 12.4. The van der Waals surface area contributed by atoms with Crippen LogP contribution in [0.5, 0.6) is 0 Å². The van der Waals surface area contributed by atoms with E-state index >= 15 is 0 Å². The van der Waals surface area contributed by atoms with Gasteiger partial charge in [-0.1, -0.05) is 6.92 Å². The summed E-state index contributed by atoms with van der Waals surface area (Å²) in [6, 6.07) is 7.01. The van der Waals surface area contributed by atoms with E-state index in [-0.39, 0.29) is 0 Å². The minimum atomic E-state index is 0.571. The van der Waals surface area contributed by atoms with Crippen LogP contribution in [0, 0.1) is 0 Å². The summed E-state index contributed by atoms with van der Waals surface area (Å²) in [5, 5.41) is 0. The molecule has 0 saturated carbocycles. The summed E-state index contributed by atoms with van der Waals surface area (Å²) in [5.41, 5.74) is 9.45. The molecule has 3 nitrogen and oxygen atoms in total. The summed E-state index contributed by atoms with van der Waals surface area (Å²) in [4.78, 5) is 4.87. The van der Waals surface area contributed by atoms with Crippen molar-refractivity contribution >= 4 is 11.4 Å². The van der Waals surface area contributed by atoms with Crippen LogP contribution in [0.1, 0.15) is 19.4 Å². The molecule has 1 aromatic carbocycles. The van der Waals surface area contributed by atoms with Gasteiger partial charge < -0.3 is 15.5 Å². The van der Waals surface area contributed by atoms with Gasteiger partial charge in [0.2, 0.25) is 0 Å². The van der Waals surface area contributed by atoms with Crippen molar-refractivity contribution in [1.29, 1.82) is 0 Å². The number of likely N-dealkylation sites (N-methyl/N-ethyl adjacent to an activating group) is 1. The molecule has 1 fully saturated rings. The van der Waals surface area contributed by atoms with Crippen LogP contribution in [0.15, 0.2) is 18.2 Å². The van der Waals surface area contributed by atoms with Gasteiger partial charge in [0.05, 0.1) is 0 Å². The molecule has 0 unspecified atom stereocenters. The Morgan fingerprint density at radius 2 is 2.12 bits per heavy atom. The van der Waals surface area contributed by atoms with Crippen LogP contribution >= 0.6 is 0 Å². The van der Waals surface area contributed by atoms with Crippen molar-refractivity contribution in [3.8, 4) is 0 Å². The molecule has 0 radical (unpaired) electrons. The average molecular weight is 233 g/mol. The smallest absolute Gasteiger partial charge is 0.0389 e. The highest BCUT2D eigenvalue weighted by atomic mass is 15.3. The summed E-state index contributed by atoms with van der Waals surface area (Å²) < 4.78 is 0. The Balaban J connectivity index is 2.22. The SMILES string of the molecule is CCc1cc(N2CCN(C)C[C@H]2C)ccc1N. The van der Waals surface area contributed by atoms with Crippen LogP contribution in [-0.2, 0) is 6.42 Å². The van der Waals surface area contributed by atoms with Crippen molar-refractivity contribution in [3.63, 3.8) is 0 Å². The Morgan fingerprint density at radius 1 is 1.35 bits per heavy atom. The fraction of sp³-hybridized carbons (Fsp3) is 0.571. The zero-order valence-corrected chi connectivity index (χ0v) is 11.1. The van der Waals surface area contributed by atoms with Gasteiger partial charge in [-0.2, -0.15) is 0 Å². The molecule has 17 heavy (non-hydrogen) atoms. The number of hydrogen-bond donors (Lipinski definition) is 1.